The molecule has 8 rings (SSSR count). The van der Waals surface area contributed by atoms with Crippen LogP contribution in [-0.4, -0.2) is 96.8 Å². The van der Waals surface area contributed by atoms with Crippen LogP contribution in [0.15, 0.2) is 42.5 Å². The largest absolute Gasteiger partial charge is 0.481 e. The van der Waals surface area contributed by atoms with E-state index in [9.17, 15) is 14.7 Å². The Hall–Kier alpha value is -4.10. The van der Waals surface area contributed by atoms with Gasteiger partial charge in [0.2, 0.25) is 0 Å². The highest BCUT2D eigenvalue weighted by Gasteiger charge is 2.38. The molecule has 0 radical (unpaired) electrons. The molecule has 11 nitrogen and oxygen atoms in total. The maximum atomic E-state index is 11.9. The number of nitrogens with zero attached hydrogens (tertiary/aromatic N) is 6. The number of piperidine rings is 1. The Morgan fingerprint density at radius 3 is 2.29 bits per heavy atom. The van der Waals surface area contributed by atoms with Gasteiger partial charge in [-0.1, -0.05) is 23.7 Å². The summed E-state index contributed by atoms with van der Waals surface area (Å²) in [6.07, 6.45) is 3.93. The Kier molecular flexibility index (Phi) is 10.0. The lowest BCUT2D eigenvalue weighted by atomic mass is 9.91. The highest BCUT2D eigenvalue weighted by molar-refractivity contribution is 7.22. The van der Waals surface area contributed by atoms with E-state index in [1.54, 1.807) is 37.0 Å². The van der Waals surface area contributed by atoms with Gasteiger partial charge in [-0.2, -0.15) is 5.10 Å². The summed E-state index contributed by atoms with van der Waals surface area (Å²) in [7, 11) is 1.43. The number of ether oxygens (including phenoxy) is 1. The number of halogens is 1. The van der Waals surface area contributed by atoms with Crippen LogP contribution in [0, 0.1) is 6.92 Å². The van der Waals surface area contributed by atoms with Gasteiger partial charge in [0.25, 0.3) is 0 Å². The van der Waals surface area contributed by atoms with Crippen molar-refractivity contribution in [2.24, 2.45) is 0 Å². The minimum absolute atomic E-state index is 0.0794. The number of pyridine rings is 1. The van der Waals surface area contributed by atoms with E-state index in [1.165, 1.54) is 7.11 Å². The number of fused-ring (bicyclic) bond motifs is 2. The molecule has 3 aliphatic rings. The van der Waals surface area contributed by atoms with Crippen LogP contribution in [0.5, 0.6) is 0 Å². The van der Waals surface area contributed by atoms with Gasteiger partial charge in [0, 0.05) is 35.6 Å². The number of benzene rings is 2. The number of carboxylic acid groups (broad SMARTS) is 1. The van der Waals surface area contributed by atoms with Crippen molar-refractivity contribution < 1.29 is 24.5 Å². The minimum Gasteiger partial charge on any atom is -0.481 e. The first kappa shape index (κ1) is 36.3. The summed E-state index contributed by atoms with van der Waals surface area (Å²) in [6.45, 7) is 10.6. The lowest BCUT2D eigenvalue weighted by Gasteiger charge is -2.46. The van der Waals surface area contributed by atoms with Crippen molar-refractivity contribution in [3.05, 3.63) is 64.3 Å². The number of thiazole rings is 1. The number of rotatable bonds is 7. The standard InChI is InChI=1S/C35H35ClN6O4S.C4H10O/c1-19-15-27-33(30(25(19)16-29(43)44)20-3-5-22(36)6-4-20)47-34(38-27)26-9-10-28-32(37-26)31(39-42(28)23-7-8-23)21-11-13-40(14-12-21)24-17-41(18-24)35(45)46-2;1-4(2,3)5/h3-6,9-10,15,21,23-24H,7-8,11-14,16-18H2,1-2H3,(H,43,44);5H,1-3H3. The second kappa shape index (κ2) is 14.4. The van der Waals surface area contributed by atoms with E-state index in [1.807, 2.05) is 43.3 Å². The first-order valence-electron chi connectivity index (χ1n) is 17.9. The van der Waals surface area contributed by atoms with Crippen molar-refractivity contribution in [3.8, 4) is 21.8 Å². The van der Waals surface area contributed by atoms with E-state index in [0.29, 0.717) is 23.0 Å². The summed E-state index contributed by atoms with van der Waals surface area (Å²) >= 11 is 7.76. The number of aromatic nitrogens is 4. The molecule has 5 aromatic rings. The molecule has 52 heavy (non-hydrogen) atoms. The Bertz CT molecular complexity index is 2120. The van der Waals surface area contributed by atoms with Gasteiger partial charge < -0.3 is 19.8 Å². The molecule has 1 aliphatic carbocycles. The number of carbonyl (C=O) groups excluding carboxylic acids is 1. The number of likely N-dealkylation sites (tertiary alicyclic amines) is 2. The highest BCUT2D eigenvalue weighted by atomic mass is 35.5. The lowest BCUT2D eigenvalue weighted by molar-refractivity contribution is -0.136. The number of amides is 1. The normalized spacial score (nSPS) is 17.2. The SMILES string of the molecule is CC(C)(C)O.COC(=O)N1CC(N2CCC(c3nn(C4CC4)c4ccc(-c5nc6cc(C)c(CC(=O)O)c(-c7ccc(Cl)cc7)c6s5)nc34)CC2)C1. The molecule has 0 atom stereocenters. The van der Waals surface area contributed by atoms with Crippen molar-refractivity contribution in [3.63, 3.8) is 0 Å². The molecule has 13 heteroatoms. The smallest absolute Gasteiger partial charge is 0.409 e. The second-order valence-electron chi connectivity index (χ2n) is 15.1. The van der Waals surface area contributed by atoms with Crippen LogP contribution < -0.4 is 0 Å². The first-order valence-corrected chi connectivity index (χ1v) is 19.1. The number of hydrogen-bond donors (Lipinski definition) is 2. The van der Waals surface area contributed by atoms with Crippen molar-refractivity contribution in [2.75, 3.05) is 33.3 Å². The van der Waals surface area contributed by atoms with E-state index in [-0.39, 0.29) is 12.5 Å². The van der Waals surface area contributed by atoms with Crippen LogP contribution in [0.25, 0.3) is 43.1 Å². The zero-order valence-corrected chi connectivity index (χ0v) is 31.8. The van der Waals surface area contributed by atoms with Gasteiger partial charge >= 0.3 is 12.1 Å². The molecule has 1 amide bonds. The van der Waals surface area contributed by atoms with E-state index < -0.39 is 11.6 Å². The maximum Gasteiger partial charge on any atom is 0.409 e. The summed E-state index contributed by atoms with van der Waals surface area (Å²) in [6, 6.07) is 14.5. The molecular formula is C39H45ClN6O5S. The topological polar surface area (TPSA) is 134 Å². The predicted octanol–water partition coefficient (Wildman–Crippen LogP) is 7.71. The van der Waals surface area contributed by atoms with Gasteiger partial charge in [0.1, 0.15) is 10.5 Å². The molecule has 1 saturated carbocycles. The van der Waals surface area contributed by atoms with Crippen LogP contribution in [0.1, 0.15) is 75.2 Å². The Morgan fingerprint density at radius 2 is 1.67 bits per heavy atom. The number of aryl methyl sites for hydroxylation is 1. The second-order valence-corrected chi connectivity index (χ2v) is 16.6. The fourth-order valence-corrected chi connectivity index (χ4v) is 8.42. The number of hydrogen-bond acceptors (Lipinski definition) is 9. The van der Waals surface area contributed by atoms with Crippen LogP contribution in [0.3, 0.4) is 0 Å². The predicted molar refractivity (Wildman–Crippen MR) is 204 cm³/mol. The number of aliphatic carboxylic acids is 1. The molecule has 5 heterocycles. The molecule has 2 N–H and O–H groups in total. The maximum absolute atomic E-state index is 11.9. The van der Waals surface area contributed by atoms with Gasteiger partial charge in [0.05, 0.1) is 52.3 Å². The van der Waals surface area contributed by atoms with Crippen molar-refractivity contribution >= 4 is 56.3 Å². The van der Waals surface area contributed by atoms with E-state index in [4.69, 9.17) is 36.5 Å². The number of aliphatic hydroxyl groups is 1. The lowest BCUT2D eigenvalue weighted by Crippen LogP contribution is -2.62. The van der Waals surface area contributed by atoms with Crippen LogP contribution in [-0.2, 0) is 16.0 Å². The Morgan fingerprint density at radius 1 is 1.00 bits per heavy atom. The summed E-state index contributed by atoms with van der Waals surface area (Å²) in [4.78, 5) is 38.3. The fraction of sp³-hybridized carbons (Fsp3) is 0.462. The van der Waals surface area contributed by atoms with Crippen molar-refractivity contribution in [2.45, 2.75) is 83.4 Å². The fourth-order valence-electron chi connectivity index (χ4n) is 7.18. The monoisotopic (exact) mass is 744 g/mol. The Labute approximate surface area is 312 Å². The molecule has 3 aromatic heterocycles. The van der Waals surface area contributed by atoms with Gasteiger partial charge in [0.15, 0.2) is 0 Å². The molecular weight excluding hydrogens is 700 g/mol. The average Bonchev–Trinajstić information content (AvgIpc) is 3.72. The van der Waals surface area contributed by atoms with Gasteiger partial charge in [-0.05, 0) is 113 Å². The number of carbonyl (C=O) groups is 2. The van der Waals surface area contributed by atoms with Crippen LogP contribution in [0.2, 0.25) is 5.02 Å². The molecule has 3 fully saturated rings. The van der Waals surface area contributed by atoms with E-state index >= 15 is 0 Å². The van der Waals surface area contributed by atoms with Gasteiger partial charge in [-0.25, -0.2) is 14.8 Å². The van der Waals surface area contributed by atoms with Crippen molar-refractivity contribution in [1.82, 2.24) is 29.5 Å². The van der Waals surface area contributed by atoms with Crippen LogP contribution in [0.4, 0.5) is 4.79 Å². The zero-order chi connectivity index (χ0) is 36.9. The summed E-state index contributed by atoms with van der Waals surface area (Å²) in [5.74, 6) is -0.567. The Balaban J connectivity index is 0.000000789. The van der Waals surface area contributed by atoms with E-state index in [0.717, 1.165) is 112 Å². The number of carboxylic acids is 1. The zero-order valence-electron chi connectivity index (χ0n) is 30.2. The molecule has 2 saturated heterocycles. The highest BCUT2D eigenvalue weighted by Crippen LogP contribution is 2.43. The summed E-state index contributed by atoms with van der Waals surface area (Å²) in [5, 5.41) is 24.9. The molecule has 0 spiro atoms. The number of methoxy groups -OCH3 is 1. The quantitative estimate of drug-likeness (QED) is 0.172. The van der Waals surface area contributed by atoms with Gasteiger partial charge in [-0.3, -0.25) is 14.4 Å². The van der Waals surface area contributed by atoms with E-state index in [2.05, 4.69) is 15.6 Å². The first-order chi connectivity index (χ1) is 24.8. The third-order valence-corrected chi connectivity index (χ3v) is 11.3. The van der Waals surface area contributed by atoms with Gasteiger partial charge in [-0.15, -0.1) is 11.3 Å². The molecule has 2 aliphatic heterocycles. The average molecular weight is 745 g/mol. The van der Waals surface area contributed by atoms with Crippen LogP contribution >= 0.6 is 22.9 Å². The third kappa shape index (κ3) is 7.66. The summed E-state index contributed by atoms with van der Waals surface area (Å²) in [5.41, 5.74) is 7.69. The molecule has 274 valence electrons. The molecule has 0 bridgehead atoms. The van der Waals surface area contributed by atoms with Crippen molar-refractivity contribution in [1.29, 1.82) is 0 Å². The summed E-state index contributed by atoms with van der Waals surface area (Å²) < 4.78 is 7.99. The molecule has 0 unspecified atom stereocenters. The third-order valence-electron chi connectivity index (χ3n) is 9.89. The minimum atomic E-state index is -0.874. The molecule has 2 aromatic carbocycles.